The topological polar surface area (TPSA) is 27.7 Å². The Labute approximate surface area is 79.4 Å². The second kappa shape index (κ2) is 4.94. The molecular formula is C10H18O3. The summed E-state index contributed by atoms with van der Waals surface area (Å²) in [5.41, 5.74) is 0. The number of ether oxygens (including phenoxy) is 3. The maximum atomic E-state index is 5.62. The Morgan fingerprint density at radius 3 is 2.62 bits per heavy atom. The number of rotatable bonds is 3. The highest BCUT2D eigenvalue weighted by molar-refractivity contribution is 4.64. The molecule has 0 N–H and O–H groups in total. The van der Waals surface area contributed by atoms with Gasteiger partial charge in [-0.05, 0) is 32.1 Å². The van der Waals surface area contributed by atoms with Crippen molar-refractivity contribution in [3.05, 3.63) is 0 Å². The molecular weight excluding hydrogens is 168 g/mol. The van der Waals surface area contributed by atoms with Gasteiger partial charge in [0.25, 0.3) is 0 Å². The lowest BCUT2D eigenvalue weighted by atomic mass is 10.2. The molecule has 0 aromatic carbocycles. The molecule has 0 bridgehead atoms. The molecule has 2 unspecified atom stereocenters. The Morgan fingerprint density at radius 1 is 1.00 bits per heavy atom. The van der Waals surface area contributed by atoms with E-state index >= 15 is 0 Å². The summed E-state index contributed by atoms with van der Waals surface area (Å²) >= 11 is 0. The van der Waals surface area contributed by atoms with E-state index in [1.54, 1.807) is 0 Å². The molecule has 2 saturated heterocycles. The zero-order valence-electron chi connectivity index (χ0n) is 8.04. The summed E-state index contributed by atoms with van der Waals surface area (Å²) in [4.78, 5) is 0. The average molecular weight is 186 g/mol. The fraction of sp³-hybridized carbons (Fsp3) is 1.00. The smallest absolute Gasteiger partial charge is 0.157 e. The van der Waals surface area contributed by atoms with Gasteiger partial charge in [-0.3, -0.25) is 0 Å². The molecule has 2 aliphatic rings. The van der Waals surface area contributed by atoms with Crippen LogP contribution in [0, 0.1) is 0 Å². The first kappa shape index (κ1) is 9.44. The molecule has 2 rings (SSSR count). The van der Waals surface area contributed by atoms with Gasteiger partial charge in [-0.25, -0.2) is 0 Å². The van der Waals surface area contributed by atoms with Crippen molar-refractivity contribution in [1.29, 1.82) is 0 Å². The average Bonchev–Trinajstić information content (AvgIpc) is 2.69. The molecule has 0 aliphatic carbocycles. The molecule has 2 atom stereocenters. The van der Waals surface area contributed by atoms with Gasteiger partial charge in [0.1, 0.15) is 0 Å². The van der Waals surface area contributed by atoms with Crippen molar-refractivity contribution >= 4 is 0 Å². The number of hydrogen-bond acceptors (Lipinski definition) is 3. The fourth-order valence-electron chi connectivity index (χ4n) is 1.83. The minimum absolute atomic E-state index is 0.0398. The minimum Gasteiger partial charge on any atom is -0.376 e. The molecule has 2 heterocycles. The largest absolute Gasteiger partial charge is 0.376 e. The van der Waals surface area contributed by atoms with Crippen molar-refractivity contribution in [1.82, 2.24) is 0 Å². The molecule has 13 heavy (non-hydrogen) atoms. The molecule has 2 aliphatic heterocycles. The highest BCUT2D eigenvalue weighted by Crippen LogP contribution is 2.17. The first-order valence-electron chi connectivity index (χ1n) is 5.30. The van der Waals surface area contributed by atoms with Gasteiger partial charge in [0, 0.05) is 13.2 Å². The highest BCUT2D eigenvalue weighted by atomic mass is 16.7. The highest BCUT2D eigenvalue weighted by Gasteiger charge is 2.19. The maximum absolute atomic E-state index is 5.62. The number of hydrogen-bond donors (Lipinski definition) is 0. The van der Waals surface area contributed by atoms with Gasteiger partial charge in [0.05, 0.1) is 12.7 Å². The third-order valence-electron chi connectivity index (χ3n) is 2.63. The molecule has 0 aromatic heterocycles. The van der Waals surface area contributed by atoms with Crippen LogP contribution in [-0.2, 0) is 14.2 Å². The normalized spacial score (nSPS) is 35.1. The van der Waals surface area contributed by atoms with E-state index in [0.717, 1.165) is 26.1 Å². The molecule has 3 nitrogen and oxygen atoms in total. The summed E-state index contributed by atoms with van der Waals surface area (Å²) in [6, 6.07) is 0. The summed E-state index contributed by atoms with van der Waals surface area (Å²) < 4.78 is 16.5. The van der Waals surface area contributed by atoms with Gasteiger partial charge < -0.3 is 14.2 Å². The lowest BCUT2D eigenvalue weighted by Crippen LogP contribution is -2.26. The van der Waals surface area contributed by atoms with Crippen LogP contribution in [0.15, 0.2) is 0 Å². The van der Waals surface area contributed by atoms with Crippen molar-refractivity contribution < 1.29 is 14.2 Å². The molecule has 0 spiro atoms. The van der Waals surface area contributed by atoms with Gasteiger partial charge in [-0.2, -0.15) is 0 Å². The van der Waals surface area contributed by atoms with Gasteiger partial charge in [0.2, 0.25) is 0 Å². The Hall–Kier alpha value is -0.120. The maximum Gasteiger partial charge on any atom is 0.157 e. The zero-order valence-corrected chi connectivity index (χ0v) is 8.04. The lowest BCUT2D eigenvalue weighted by Gasteiger charge is -2.23. The van der Waals surface area contributed by atoms with Crippen molar-refractivity contribution in [2.45, 2.75) is 44.5 Å². The summed E-state index contributed by atoms with van der Waals surface area (Å²) in [6.45, 7) is 2.47. The van der Waals surface area contributed by atoms with Crippen molar-refractivity contribution in [2.75, 3.05) is 19.8 Å². The predicted molar refractivity (Wildman–Crippen MR) is 48.5 cm³/mol. The Bertz CT molecular complexity index is 137. The van der Waals surface area contributed by atoms with Crippen LogP contribution in [0.4, 0.5) is 0 Å². The van der Waals surface area contributed by atoms with E-state index in [1.807, 2.05) is 0 Å². The minimum atomic E-state index is 0.0398. The van der Waals surface area contributed by atoms with Crippen LogP contribution in [0.1, 0.15) is 32.1 Å². The first-order chi connectivity index (χ1) is 6.45. The van der Waals surface area contributed by atoms with Crippen molar-refractivity contribution in [2.24, 2.45) is 0 Å². The molecule has 3 heteroatoms. The van der Waals surface area contributed by atoms with Crippen LogP contribution in [0.2, 0.25) is 0 Å². The van der Waals surface area contributed by atoms with Crippen molar-refractivity contribution in [3.63, 3.8) is 0 Å². The lowest BCUT2D eigenvalue weighted by molar-refractivity contribution is -0.175. The second-order valence-corrected chi connectivity index (χ2v) is 3.76. The van der Waals surface area contributed by atoms with E-state index in [1.165, 1.54) is 19.3 Å². The van der Waals surface area contributed by atoms with Gasteiger partial charge in [-0.1, -0.05) is 0 Å². The summed E-state index contributed by atoms with van der Waals surface area (Å²) in [6.07, 6.45) is 6.15. The monoisotopic (exact) mass is 186 g/mol. The van der Waals surface area contributed by atoms with Gasteiger partial charge >= 0.3 is 0 Å². The molecule has 0 aromatic rings. The van der Waals surface area contributed by atoms with Crippen LogP contribution < -0.4 is 0 Å². The predicted octanol–water partition coefficient (Wildman–Crippen LogP) is 1.71. The molecule has 0 saturated carbocycles. The van der Waals surface area contributed by atoms with E-state index < -0.39 is 0 Å². The van der Waals surface area contributed by atoms with Crippen LogP contribution in [0.5, 0.6) is 0 Å². The first-order valence-corrected chi connectivity index (χ1v) is 5.30. The quantitative estimate of drug-likeness (QED) is 0.671. The Balaban J connectivity index is 1.60. The summed E-state index contributed by atoms with van der Waals surface area (Å²) in [5.74, 6) is 0. The molecule has 0 amide bonds. The van der Waals surface area contributed by atoms with E-state index in [9.17, 15) is 0 Å². The summed E-state index contributed by atoms with van der Waals surface area (Å²) in [5, 5.41) is 0. The Morgan fingerprint density at radius 2 is 1.92 bits per heavy atom. The van der Waals surface area contributed by atoms with Crippen LogP contribution in [0.3, 0.4) is 0 Å². The standard InChI is InChI=1S/C10H18O3/c1-2-6-12-10(5-1)13-8-9-4-3-7-11-9/h9-10H,1-8H2. The zero-order chi connectivity index (χ0) is 8.93. The van der Waals surface area contributed by atoms with E-state index in [0.29, 0.717) is 12.7 Å². The van der Waals surface area contributed by atoms with Crippen LogP contribution in [0.25, 0.3) is 0 Å². The molecule has 76 valence electrons. The molecule has 0 radical (unpaired) electrons. The van der Waals surface area contributed by atoms with E-state index in [2.05, 4.69) is 0 Å². The third kappa shape index (κ3) is 2.93. The van der Waals surface area contributed by atoms with Gasteiger partial charge in [0.15, 0.2) is 6.29 Å². The summed E-state index contributed by atoms with van der Waals surface area (Å²) in [7, 11) is 0. The fourth-order valence-corrected chi connectivity index (χ4v) is 1.83. The van der Waals surface area contributed by atoms with Crippen molar-refractivity contribution in [3.8, 4) is 0 Å². The van der Waals surface area contributed by atoms with E-state index in [-0.39, 0.29) is 6.29 Å². The van der Waals surface area contributed by atoms with Gasteiger partial charge in [-0.15, -0.1) is 0 Å². The van der Waals surface area contributed by atoms with Crippen LogP contribution in [-0.4, -0.2) is 32.2 Å². The molecule has 2 fully saturated rings. The Kier molecular flexibility index (Phi) is 3.58. The SMILES string of the molecule is C1CCC(OCC2CCCO2)OC1. The third-order valence-corrected chi connectivity index (χ3v) is 2.63. The van der Waals surface area contributed by atoms with Crippen LogP contribution >= 0.6 is 0 Å². The second-order valence-electron chi connectivity index (χ2n) is 3.76. The van der Waals surface area contributed by atoms with E-state index in [4.69, 9.17) is 14.2 Å².